The number of aromatic nitrogens is 3. The first kappa shape index (κ1) is 11.9. The van der Waals surface area contributed by atoms with Crippen molar-refractivity contribution in [3.8, 4) is 0 Å². The number of rotatable bonds is 1. The molecule has 19 heavy (non-hydrogen) atoms. The van der Waals surface area contributed by atoms with Gasteiger partial charge in [0.15, 0.2) is 5.82 Å². The molecule has 1 aromatic rings. The Morgan fingerprint density at radius 3 is 2.95 bits per heavy atom. The van der Waals surface area contributed by atoms with E-state index in [-0.39, 0.29) is 6.03 Å². The van der Waals surface area contributed by atoms with E-state index < -0.39 is 12.0 Å². The minimum Gasteiger partial charge on any atom is -0.480 e. The molecule has 8 heteroatoms. The molecule has 1 atom stereocenters. The number of carbonyl (C=O) groups excluding carboxylic acids is 1. The molecule has 0 bridgehead atoms. The lowest BCUT2D eigenvalue weighted by molar-refractivity contribution is -0.141. The van der Waals surface area contributed by atoms with Gasteiger partial charge in [-0.25, -0.2) is 9.59 Å². The maximum Gasteiger partial charge on any atom is 0.326 e. The third-order valence-electron chi connectivity index (χ3n) is 3.69. The predicted molar refractivity (Wildman–Crippen MR) is 63.2 cm³/mol. The molecule has 102 valence electrons. The molecule has 0 aromatic carbocycles. The van der Waals surface area contributed by atoms with Crippen LogP contribution in [0.15, 0.2) is 6.33 Å². The molecule has 2 amide bonds. The summed E-state index contributed by atoms with van der Waals surface area (Å²) in [7, 11) is 0. The Kier molecular flexibility index (Phi) is 2.84. The second-order valence-electron chi connectivity index (χ2n) is 4.83. The van der Waals surface area contributed by atoms with Gasteiger partial charge >= 0.3 is 12.0 Å². The van der Waals surface area contributed by atoms with Crippen LogP contribution in [-0.2, 0) is 17.9 Å². The Morgan fingerprint density at radius 2 is 2.16 bits per heavy atom. The first-order valence-electron chi connectivity index (χ1n) is 6.32. The van der Waals surface area contributed by atoms with Crippen molar-refractivity contribution in [3.63, 3.8) is 0 Å². The number of carboxylic acid groups (broad SMARTS) is 1. The molecule has 3 rings (SSSR count). The monoisotopic (exact) mass is 265 g/mol. The molecule has 0 aliphatic carbocycles. The summed E-state index contributed by atoms with van der Waals surface area (Å²) in [4.78, 5) is 26.6. The standard InChI is InChI=1S/C11H15N5O3/c17-10(18)8-2-1-3-16(8)11(19)14-4-5-15-7-12-13-9(15)6-14/h7-8H,1-6H2,(H,17,18). The van der Waals surface area contributed by atoms with Crippen molar-refractivity contribution in [1.29, 1.82) is 0 Å². The molecular formula is C11H15N5O3. The molecule has 1 aromatic heterocycles. The Balaban J connectivity index is 1.73. The van der Waals surface area contributed by atoms with Crippen molar-refractivity contribution in [3.05, 3.63) is 12.2 Å². The Bertz CT molecular complexity index is 514. The normalized spacial score (nSPS) is 22.4. The van der Waals surface area contributed by atoms with E-state index in [1.165, 1.54) is 4.90 Å². The second kappa shape index (κ2) is 4.52. The van der Waals surface area contributed by atoms with Gasteiger partial charge in [-0.3, -0.25) is 0 Å². The van der Waals surface area contributed by atoms with Crippen LogP contribution in [-0.4, -0.2) is 60.8 Å². The molecule has 0 radical (unpaired) electrons. The highest BCUT2D eigenvalue weighted by molar-refractivity contribution is 5.83. The molecule has 1 saturated heterocycles. The highest BCUT2D eigenvalue weighted by Crippen LogP contribution is 2.21. The number of likely N-dealkylation sites (tertiary alicyclic amines) is 1. The third-order valence-corrected chi connectivity index (χ3v) is 3.69. The summed E-state index contributed by atoms with van der Waals surface area (Å²) in [6, 6.07) is -0.897. The fourth-order valence-corrected chi connectivity index (χ4v) is 2.66. The van der Waals surface area contributed by atoms with E-state index in [2.05, 4.69) is 10.2 Å². The fraction of sp³-hybridized carbons (Fsp3) is 0.636. The fourth-order valence-electron chi connectivity index (χ4n) is 2.66. The van der Waals surface area contributed by atoms with E-state index in [0.717, 1.165) is 12.2 Å². The number of hydrogen-bond acceptors (Lipinski definition) is 4. The highest BCUT2D eigenvalue weighted by atomic mass is 16.4. The van der Waals surface area contributed by atoms with Crippen LogP contribution in [0.2, 0.25) is 0 Å². The van der Waals surface area contributed by atoms with Crippen LogP contribution in [0.4, 0.5) is 4.79 Å². The highest BCUT2D eigenvalue weighted by Gasteiger charge is 2.37. The first-order chi connectivity index (χ1) is 9.16. The zero-order chi connectivity index (χ0) is 13.4. The zero-order valence-electron chi connectivity index (χ0n) is 10.4. The van der Waals surface area contributed by atoms with Crippen molar-refractivity contribution >= 4 is 12.0 Å². The summed E-state index contributed by atoms with van der Waals surface area (Å²) in [6.45, 7) is 2.12. The maximum absolute atomic E-state index is 12.4. The van der Waals surface area contributed by atoms with Gasteiger partial charge in [0.05, 0.1) is 6.54 Å². The van der Waals surface area contributed by atoms with Crippen molar-refractivity contribution in [2.45, 2.75) is 32.0 Å². The van der Waals surface area contributed by atoms with Crippen LogP contribution in [0.25, 0.3) is 0 Å². The summed E-state index contributed by atoms with van der Waals surface area (Å²) in [6.07, 6.45) is 2.92. The quantitative estimate of drug-likeness (QED) is 0.756. The smallest absolute Gasteiger partial charge is 0.326 e. The summed E-state index contributed by atoms with van der Waals surface area (Å²) < 4.78 is 1.91. The van der Waals surface area contributed by atoms with E-state index in [0.29, 0.717) is 32.6 Å². The summed E-state index contributed by atoms with van der Waals surface area (Å²) in [5.41, 5.74) is 0. The molecule has 1 N–H and O–H groups in total. The average molecular weight is 265 g/mol. The molecule has 1 unspecified atom stereocenters. The molecular weight excluding hydrogens is 250 g/mol. The van der Waals surface area contributed by atoms with Gasteiger partial charge in [0.25, 0.3) is 0 Å². The number of carboxylic acids is 1. The second-order valence-corrected chi connectivity index (χ2v) is 4.83. The lowest BCUT2D eigenvalue weighted by Crippen LogP contribution is -2.50. The van der Waals surface area contributed by atoms with Gasteiger partial charge in [0, 0.05) is 19.6 Å². The molecule has 2 aliphatic heterocycles. The van der Waals surface area contributed by atoms with Crippen LogP contribution >= 0.6 is 0 Å². The number of carbonyl (C=O) groups is 2. The van der Waals surface area contributed by atoms with Gasteiger partial charge in [0.2, 0.25) is 0 Å². The molecule has 8 nitrogen and oxygen atoms in total. The molecule has 2 aliphatic rings. The van der Waals surface area contributed by atoms with Crippen molar-refractivity contribution in [1.82, 2.24) is 24.6 Å². The minimum atomic E-state index is -0.925. The summed E-state index contributed by atoms with van der Waals surface area (Å²) in [5.74, 6) is -0.184. The van der Waals surface area contributed by atoms with E-state index in [1.54, 1.807) is 11.2 Å². The van der Waals surface area contributed by atoms with Gasteiger partial charge in [-0.2, -0.15) is 0 Å². The van der Waals surface area contributed by atoms with E-state index in [1.807, 2.05) is 4.57 Å². The first-order valence-corrected chi connectivity index (χ1v) is 6.32. The number of aliphatic carboxylic acids is 1. The maximum atomic E-state index is 12.4. The SMILES string of the molecule is O=C(O)C1CCCN1C(=O)N1CCn2cnnc2C1. The van der Waals surface area contributed by atoms with E-state index in [9.17, 15) is 9.59 Å². The van der Waals surface area contributed by atoms with Gasteiger partial charge in [-0.05, 0) is 12.8 Å². The van der Waals surface area contributed by atoms with Crippen LogP contribution < -0.4 is 0 Å². The Labute approximate surface area is 109 Å². The van der Waals surface area contributed by atoms with Gasteiger partial charge in [-0.15, -0.1) is 10.2 Å². The topological polar surface area (TPSA) is 91.6 Å². The predicted octanol–water partition coefficient (Wildman–Crippen LogP) is -0.237. The number of urea groups is 1. The molecule has 0 saturated carbocycles. The molecule has 3 heterocycles. The van der Waals surface area contributed by atoms with Crippen molar-refractivity contribution in [2.75, 3.05) is 13.1 Å². The van der Waals surface area contributed by atoms with Crippen molar-refractivity contribution in [2.24, 2.45) is 0 Å². The average Bonchev–Trinajstić information content (AvgIpc) is 3.05. The molecule has 0 spiro atoms. The van der Waals surface area contributed by atoms with Gasteiger partial charge < -0.3 is 19.5 Å². The minimum absolute atomic E-state index is 0.209. The Hall–Kier alpha value is -2.12. The van der Waals surface area contributed by atoms with Gasteiger partial charge in [-0.1, -0.05) is 0 Å². The van der Waals surface area contributed by atoms with Crippen LogP contribution in [0.3, 0.4) is 0 Å². The zero-order valence-corrected chi connectivity index (χ0v) is 10.4. The van der Waals surface area contributed by atoms with Crippen LogP contribution in [0, 0.1) is 0 Å². The largest absolute Gasteiger partial charge is 0.480 e. The third kappa shape index (κ3) is 2.02. The number of amides is 2. The summed E-state index contributed by atoms with van der Waals surface area (Å²) in [5, 5.41) is 16.9. The van der Waals surface area contributed by atoms with E-state index >= 15 is 0 Å². The lowest BCUT2D eigenvalue weighted by atomic mass is 10.2. The number of nitrogens with zero attached hydrogens (tertiary/aromatic N) is 5. The molecule has 1 fully saturated rings. The van der Waals surface area contributed by atoms with Crippen molar-refractivity contribution < 1.29 is 14.7 Å². The van der Waals surface area contributed by atoms with E-state index in [4.69, 9.17) is 5.11 Å². The summed E-state index contributed by atoms with van der Waals surface area (Å²) >= 11 is 0. The Morgan fingerprint density at radius 1 is 1.32 bits per heavy atom. The van der Waals surface area contributed by atoms with Crippen LogP contribution in [0.1, 0.15) is 18.7 Å². The number of hydrogen-bond donors (Lipinski definition) is 1. The lowest BCUT2D eigenvalue weighted by Gasteiger charge is -2.32. The number of fused-ring (bicyclic) bond motifs is 1. The van der Waals surface area contributed by atoms with Crippen LogP contribution in [0.5, 0.6) is 0 Å². The van der Waals surface area contributed by atoms with Gasteiger partial charge in [0.1, 0.15) is 12.4 Å².